The van der Waals surface area contributed by atoms with Crippen LogP contribution in [0.25, 0.3) is 0 Å². The van der Waals surface area contributed by atoms with Crippen LogP contribution in [0, 0.1) is 0 Å². The zero-order valence-corrected chi connectivity index (χ0v) is 13.0. The Balaban J connectivity index is 1.64. The van der Waals surface area contributed by atoms with E-state index in [4.69, 9.17) is 9.47 Å². The van der Waals surface area contributed by atoms with E-state index in [0.717, 1.165) is 18.5 Å². The number of ether oxygens (including phenoxy) is 2. The molecule has 22 heavy (non-hydrogen) atoms. The minimum atomic E-state index is -0.136. The van der Waals surface area contributed by atoms with Crippen molar-refractivity contribution in [3.05, 3.63) is 18.1 Å². The highest BCUT2D eigenvalue weighted by atomic mass is 16.5. The summed E-state index contributed by atoms with van der Waals surface area (Å²) in [4.78, 5) is 22.5. The quantitative estimate of drug-likeness (QED) is 0.921. The van der Waals surface area contributed by atoms with E-state index in [9.17, 15) is 4.79 Å². The highest BCUT2D eigenvalue weighted by Gasteiger charge is 2.45. The Morgan fingerprint density at radius 2 is 2.36 bits per heavy atom. The fourth-order valence-electron chi connectivity index (χ4n) is 3.11. The molecule has 2 heterocycles. The van der Waals surface area contributed by atoms with Crippen LogP contribution in [0.3, 0.4) is 0 Å². The second-order valence-corrected chi connectivity index (χ2v) is 6.10. The predicted octanol–water partition coefficient (Wildman–Crippen LogP) is 1.80. The first kappa shape index (κ1) is 15.2. The number of morpholine rings is 1. The Morgan fingerprint density at radius 3 is 3.05 bits per heavy atom. The lowest BCUT2D eigenvalue weighted by atomic mass is 9.78. The molecule has 1 saturated heterocycles. The van der Waals surface area contributed by atoms with Crippen molar-refractivity contribution in [2.75, 3.05) is 25.5 Å². The topological polar surface area (TPSA) is 76.6 Å². The van der Waals surface area contributed by atoms with Gasteiger partial charge < -0.3 is 14.4 Å². The summed E-state index contributed by atoms with van der Waals surface area (Å²) in [6.45, 7) is 3.66. The molecular weight excluding hydrogens is 284 g/mol. The molecule has 1 aliphatic heterocycles. The highest BCUT2D eigenvalue weighted by molar-refractivity contribution is 5.88. The SMILES string of the molecule is COCc1cc(NC(=O)N2CC(C)OC3(CCC3)C2)ncn1. The summed E-state index contributed by atoms with van der Waals surface area (Å²) < 4.78 is 11.1. The Bertz CT molecular complexity index is 547. The summed E-state index contributed by atoms with van der Waals surface area (Å²) in [6, 6.07) is 1.59. The number of urea groups is 1. The van der Waals surface area contributed by atoms with Crippen LogP contribution >= 0.6 is 0 Å². The number of nitrogens with zero attached hydrogens (tertiary/aromatic N) is 3. The minimum absolute atomic E-state index is 0.0641. The molecule has 1 spiro atoms. The fourth-order valence-corrected chi connectivity index (χ4v) is 3.11. The van der Waals surface area contributed by atoms with E-state index >= 15 is 0 Å². The first-order valence-corrected chi connectivity index (χ1v) is 7.64. The number of methoxy groups -OCH3 is 1. The maximum Gasteiger partial charge on any atom is 0.323 e. The van der Waals surface area contributed by atoms with E-state index < -0.39 is 0 Å². The minimum Gasteiger partial charge on any atom is -0.378 e. The molecule has 1 N–H and O–H groups in total. The van der Waals surface area contributed by atoms with Crippen molar-refractivity contribution in [1.82, 2.24) is 14.9 Å². The molecule has 1 unspecified atom stereocenters. The van der Waals surface area contributed by atoms with Crippen molar-refractivity contribution < 1.29 is 14.3 Å². The van der Waals surface area contributed by atoms with Gasteiger partial charge in [0.25, 0.3) is 0 Å². The van der Waals surface area contributed by atoms with E-state index in [0.29, 0.717) is 25.5 Å². The van der Waals surface area contributed by atoms with Gasteiger partial charge in [-0.15, -0.1) is 0 Å². The molecule has 1 atom stereocenters. The largest absolute Gasteiger partial charge is 0.378 e. The van der Waals surface area contributed by atoms with Crippen LogP contribution in [0.2, 0.25) is 0 Å². The molecule has 0 radical (unpaired) electrons. The number of aromatic nitrogens is 2. The summed E-state index contributed by atoms with van der Waals surface area (Å²) in [7, 11) is 1.60. The average molecular weight is 306 g/mol. The van der Waals surface area contributed by atoms with Crippen LogP contribution in [0.5, 0.6) is 0 Å². The van der Waals surface area contributed by atoms with Crippen molar-refractivity contribution in [2.24, 2.45) is 0 Å². The molecule has 0 bridgehead atoms. The van der Waals surface area contributed by atoms with Crippen molar-refractivity contribution in [3.63, 3.8) is 0 Å². The van der Waals surface area contributed by atoms with Crippen molar-refractivity contribution in [1.29, 1.82) is 0 Å². The van der Waals surface area contributed by atoms with Crippen LogP contribution in [-0.4, -0.2) is 52.8 Å². The van der Waals surface area contributed by atoms with E-state index in [1.165, 1.54) is 12.7 Å². The Kier molecular flexibility index (Phi) is 4.26. The lowest BCUT2D eigenvalue weighted by molar-refractivity contribution is -0.174. The van der Waals surface area contributed by atoms with Gasteiger partial charge in [0.2, 0.25) is 0 Å². The fraction of sp³-hybridized carbons (Fsp3) is 0.667. The van der Waals surface area contributed by atoms with Gasteiger partial charge in [0.1, 0.15) is 12.1 Å². The number of hydrogen-bond acceptors (Lipinski definition) is 5. The van der Waals surface area contributed by atoms with Gasteiger partial charge in [-0.05, 0) is 26.2 Å². The zero-order valence-electron chi connectivity index (χ0n) is 13.0. The third-order valence-corrected chi connectivity index (χ3v) is 4.21. The first-order valence-electron chi connectivity index (χ1n) is 7.64. The number of carbonyl (C=O) groups excluding carboxylic acids is 1. The van der Waals surface area contributed by atoms with Crippen molar-refractivity contribution >= 4 is 11.8 Å². The smallest absolute Gasteiger partial charge is 0.323 e. The molecule has 0 aromatic carbocycles. The lowest BCUT2D eigenvalue weighted by Gasteiger charge is -2.50. The Labute approximate surface area is 130 Å². The molecule has 7 nitrogen and oxygen atoms in total. The maximum absolute atomic E-state index is 12.5. The van der Waals surface area contributed by atoms with Crippen LogP contribution in [0.4, 0.5) is 10.6 Å². The van der Waals surface area contributed by atoms with Crippen molar-refractivity contribution in [3.8, 4) is 0 Å². The molecule has 7 heteroatoms. The third-order valence-electron chi connectivity index (χ3n) is 4.21. The van der Waals surface area contributed by atoms with Crippen LogP contribution in [-0.2, 0) is 16.1 Å². The number of anilines is 1. The molecule has 120 valence electrons. The van der Waals surface area contributed by atoms with Gasteiger partial charge in [-0.25, -0.2) is 14.8 Å². The number of rotatable bonds is 3. The number of amides is 2. The molecule has 1 aliphatic carbocycles. The number of carbonyl (C=O) groups is 1. The highest BCUT2D eigenvalue weighted by Crippen LogP contribution is 2.39. The molecule has 2 aliphatic rings. The number of nitrogens with one attached hydrogen (secondary N) is 1. The van der Waals surface area contributed by atoms with Crippen molar-refractivity contribution in [2.45, 2.75) is 44.5 Å². The Hall–Kier alpha value is -1.73. The summed E-state index contributed by atoms with van der Waals surface area (Å²) >= 11 is 0. The van der Waals surface area contributed by atoms with E-state index in [1.807, 2.05) is 11.8 Å². The van der Waals surface area contributed by atoms with Gasteiger partial charge in [-0.2, -0.15) is 0 Å². The van der Waals surface area contributed by atoms with Crippen LogP contribution < -0.4 is 5.32 Å². The van der Waals surface area contributed by atoms with Gasteiger partial charge >= 0.3 is 6.03 Å². The molecule has 2 amide bonds. The van der Waals surface area contributed by atoms with Gasteiger partial charge in [0.05, 0.1) is 30.6 Å². The molecule has 1 aromatic rings. The monoisotopic (exact) mass is 306 g/mol. The van der Waals surface area contributed by atoms with Crippen LogP contribution in [0.1, 0.15) is 31.9 Å². The summed E-state index contributed by atoms with van der Waals surface area (Å²) in [5, 5.41) is 2.84. The van der Waals surface area contributed by atoms with Gasteiger partial charge in [-0.1, -0.05) is 0 Å². The standard InChI is InChI=1S/C15H22N4O3/c1-11-7-19(9-15(22-11)4-3-5-15)14(20)18-13-6-12(8-21-2)16-10-17-13/h6,10-11H,3-5,7-9H2,1-2H3,(H,16,17,18,20). The predicted molar refractivity (Wildman–Crippen MR) is 80.5 cm³/mol. The number of hydrogen-bond donors (Lipinski definition) is 1. The zero-order chi connectivity index (χ0) is 15.6. The summed E-state index contributed by atoms with van der Waals surface area (Å²) in [5.74, 6) is 0.494. The Morgan fingerprint density at radius 1 is 1.55 bits per heavy atom. The van der Waals surface area contributed by atoms with E-state index in [-0.39, 0.29) is 17.7 Å². The van der Waals surface area contributed by atoms with Gasteiger partial charge in [0.15, 0.2) is 0 Å². The van der Waals surface area contributed by atoms with E-state index in [1.54, 1.807) is 13.2 Å². The molecule has 1 aromatic heterocycles. The third kappa shape index (κ3) is 3.20. The normalized spacial score (nSPS) is 23.2. The molecule has 2 fully saturated rings. The van der Waals surface area contributed by atoms with Gasteiger partial charge in [-0.3, -0.25) is 5.32 Å². The van der Waals surface area contributed by atoms with E-state index in [2.05, 4.69) is 15.3 Å². The second kappa shape index (κ2) is 6.18. The average Bonchev–Trinajstić information content (AvgIpc) is 2.45. The van der Waals surface area contributed by atoms with Crippen LogP contribution in [0.15, 0.2) is 12.4 Å². The summed E-state index contributed by atoms with van der Waals surface area (Å²) in [6.07, 6.45) is 4.74. The molecular formula is C15H22N4O3. The molecule has 1 saturated carbocycles. The second-order valence-electron chi connectivity index (χ2n) is 6.10. The lowest BCUT2D eigenvalue weighted by Crippen LogP contribution is -2.60. The van der Waals surface area contributed by atoms with Gasteiger partial charge in [0, 0.05) is 19.7 Å². The molecule has 3 rings (SSSR count). The maximum atomic E-state index is 12.5. The summed E-state index contributed by atoms with van der Waals surface area (Å²) in [5.41, 5.74) is 0.612. The first-order chi connectivity index (χ1) is 10.6.